The number of carbonyl (C=O) groups excluding carboxylic acids is 4. The van der Waals surface area contributed by atoms with Crippen LogP contribution in [0, 0.1) is 17.3 Å². The summed E-state index contributed by atoms with van der Waals surface area (Å²) in [7, 11) is 1.60. The van der Waals surface area contributed by atoms with Crippen LogP contribution >= 0.6 is 0 Å². The van der Waals surface area contributed by atoms with Crippen molar-refractivity contribution in [3.63, 3.8) is 0 Å². The van der Waals surface area contributed by atoms with E-state index in [2.05, 4.69) is 11.9 Å². The standard InChI is InChI=1S/C46H52N4O7/c1-7-31-27-46(31,44(54)56-8-2)48-42(52)39-24-33(57-40-26-36(29-15-10-9-11-16-29)47-37-23-32(55-6)20-21-34(37)40)28-50(39)43(53)35(45(3,4)5)25-41(51)49-22-14-18-30-17-12-13-19-38(30)49/h7,9-13,15-17,19-21,23,26,31,33,35,39H,1,8,14,18,22,24-25,27-28H2,2-6H3,(H,48,52)/t31?,33-,35-,39+,46?/m1/s1. The van der Waals surface area contributed by atoms with Gasteiger partial charge in [-0.05, 0) is 55.4 Å². The number of ether oxygens (including phenoxy) is 3. The molecule has 4 aromatic rings. The van der Waals surface area contributed by atoms with Crippen LogP contribution in [0.1, 0.15) is 58.9 Å². The van der Waals surface area contributed by atoms with Crippen LogP contribution in [0.25, 0.3) is 22.2 Å². The third-order valence-corrected chi connectivity index (χ3v) is 11.6. The Bertz CT molecular complexity index is 2180. The summed E-state index contributed by atoms with van der Waals surface area (Å²) in [6.07, 6.45) is 3.23. The van der Waals surface area contributed by atoms with E-state index in [0.717, 1.165) is 35.0 Å². The van der Waals surface area contributed by atoms with Crippen LogP contribution in [0.5, 0.6) is 11.5 Å². The first-order chi connectivity index (χ1) is 27.4. The maximum Gasteiger partial charge on any atom is 0.332 e. The molecule has 2 aliphatic heterocycles. The SMILES string of the molecule is C=CC1CC1(NC(=O)[C@@H]1C[C@@H](Oc2cc(-c3ccccc3)nc3cc(OC)ccc23)CN1C(=O)[C@@H](CC(=O)N1CCCc2ccccc21)C(C)(C)C)C(=O)OCC. The van der Waals surface area contributed by atoms with E-state index >= 15 is 4.79 Å². The smallest absolute Gasteiger partial charge is 0.332 e. The zero-order valence-electron chi connectivity index (χ0n) is 33.5. The summed E-state index contributed by atoms with van der Waals surface area (Å²) in [6.45, 7) is 12.2. The Morgan fingerprint density at radius 3 is 2.49 bits per heavy atom. The number of para-hydroxylation sites is 1. The minimum atomic E-state index is -1.26. The minimum absolute atomic E-state index is 0.0321. The van der Waals surface area contributed by atoms with Gasteiger partial charge >= 0.3 is 5.97 Å². The normalized spacial score (nSPS) is 21.9. The predicted molar refractivity (Wildman–Crippen MR) is 219 cm³/mol. The fraction of sp³-hybridized carbons (Fsp3) is 0.413. The number of aromatic nitrogens is 1. The van der Waals surface area contributed by atoms with Crippen molar-refractivity contribution in [2.24, 2.45) is 17.3 Å². The van der Waals surface area contributed by atoms with Crippen molar-refractivity contribution in [1.29, 1.82) is 0 Å². The molecule has 1 N–H and O–H groups in total. The van der Waals surface area contributed by atoms with Gasteiger partial charge in [-0.25, -0.2) is 9.78 Å². The number of amides is 3. The number of esters is 1. The van der Waals surface area contributed by atoms with E-state index in [1.54, 1.807) is 29.9 Å². The molecular weight excluding hydrogens is 721 g/mol. The maximum atomic E-state index is 15.0. The lowest BCUT2D eigenvalue weighted by atomic mass is 9.77. The maximum absolute atomic E-state index is 15.0. The highest BCUT2D eigenvalue weighted by atomic mass is 16.5. The van der Waals surface area contributed by atoms with Gasteiger partial charge in [-0.1, -0.05) is 75.4 Å². The lowest BCUT2D eigenvalue weighted by molar-refractivity contribution is -0.151. The lowest BCUT2D eigenvalue weighted by Gasteiger charge is -2.37. The molecule has 298 valence electrons. The molecule has 57 heavy (non-hydrogen) atoms. The molecule has 11 nitrogen and oxygen atoms in total. The van der Waals surface area contributed by atoms with Gasteiger partial charge in [-0.2, -0.15) is 0 Å². The van der Waals surface area contributed by atoms with Crippen molar-refractivity contribution >= 4 is 40.3 Å². The predicted octanol–water partition coefficient (Wildman–Crippen LogP) is 6.91. The number of nitrogens with zero attached hydrogens (tertiary/aromatic N) is 3. The highest BCUT2D eigenvalue weighted by Crippen LogP contribution is 2.46. The van der Waals surface area contributed by atoms with Crippen LogP contribution in [-0.4, -0.2) is 78.1 Å². The monoisotopic (exact) mass is 772 g/mol. The lowest BCUT2D eigenvalue weighted by Crippen LogP contribution is -2.55. The van der Waals surface area contributed by atoms with Crippen LogP contribution in [0.3, 0.4) is 0 Å². The number of fused-ring (bicyclic) bond motifs is 2. The molecule has 11 heteroatoms. The zero-order valence-corrected chi connectivity index (χ0v) is 33.5. The summed E-state index contributed by atoms with van der Waals surface area (Å²) in [5.41, 5.74) is 2.35. The van der Waals surface area contributed by atoms with Gasteiger partial charge in [0.1, 0.15) is 29.2 Å². The van der Waals surface area contributed by atoms with E-state index in [9.17, 15) is 14.4 Å². The van der Waals surface area contributed by atoms with Crippen LogP contribution in [0.4, 0.5) is 5.69 Å². The number of likely N-dealkylation sites (tertiary alicyclic amines) is 1. The zero-order chi connectivity index (χ0) is 40.5. The van der Waals surface area contributed by atoms with E-state index in [1.165, 1.54) is 0 Å². The molecule has 2 fully saturated rings. The molecule has 1 saturated carbocycles. The van der Waals surface area contributed by atoms with E-state index in [0.29, 0.717) is 35.7 Å². The van der Waals surface area contributed by atoms with Gasteiger partial charge in [0.2, 0.25) is 17.7 Å². The second kappa shape index (κ2) is 16.0. The highest BCUT2D eigenvalue weighted by molar-refractivity contribution is 5.99. The molecule has 0 bridgehead atoms. The summed E-state index contributed by atoms with van der Waals surface area (Å²) in [6, 6.07) is 24.1. The third kappa shape index (κ3) is 7.97. The fourth-order valence-electron chi connectivity index (χ4n) is 8.32. The van der Waals surface area contributed by atoms with Crippen molar-refractivity contribution < 1.29 is 33.4 Å². The van der Waals surface area contributed by atoms with Gasteiger partial charge in [-0.3, -0.25) is 14.4 Å². The Morgan fingerprint density at radius 2 is 1.79 bits per heavy atom. The third-order valence-electron chi connectivity index (χ3n) is 11.6. The van der Waals surface area contributed by atoms with Crippen molar-refractivity contribution in [2.75, 3.05) is 31.7 Å². The molecule has 1 aliphatic carbocycles. The Kier molecular flexibility index (Phi) is 11.1. The van der Waals surface area contributed by atoms with Crippen LogP contribution < -0.4 is 19.7 Å². The molecule has 7 rings (SSSR count). The molecular formula is C46H52N4O7. The summed E-state index contributed by atoms with van der Waals surface area (Å²) in [5, 5.41) is 3.73. The number of carbonyl (C=O) groups is 4. The molecule has 3 aliphatic rings. The number of aryl methyl sites for hydroxylation is 1. The molecule has 3 amide bonds. The number of methoxy groups -OCH3 is 1. The second-order valence-corrected chi connectivity index (χ2v) is 16.4. The van der Waals surface area contributed by atoms with Crippen LogP contribution in [-0.2, 0) is 30.3 Å². The summed E-state index contributed by atoms with van der Waals surface area (Å²) < 4.78 is 17.7. The highest BCUT2D eigenvalue weighted by Gasteiger charge is 2.62. The van der Waals surface area contributed by atoms with Crippen molar-refractivity contribution in [3.05, 3.63) is 97.1 Å². The number of hydrogen-bond acceptors (Lipinski definition) is 8. The number of nitrogens with one attached hydrogen (secondary N) is 1. The molecule has 2 unspecified atom stereocenters. The summed E-state index contributed by atoms with van der Waals surface area (Å²) in [5.74, 6) is -1.33. The van der Waals surface area contributed by atoms with E-state index in [-0.39, 0.29) is 43.7 Å². The molecule has 1 saturated heterocycles. The molecule has 3 heterocycles. The first-order valence-electron chi connectivity index (χ1n) is 19.9. The van der Waals surface area contributed by atoms with Gasteiger partial charge in [-0.15, -0.1) is 6.58 Å². The quantitative estimate of drug-likeness (QED) is 0.122. The molecule has 1 aromatic heterocycles. The van der Waals surface area contributed by atoms with Crippen molar-refractivity contribution in [2.45, 2.75) is 77.5 Å². The minimum Gasteiger partial charge on any atom is -0.497 e. The van der Waals surface area contributed by atoms with Gasteiger partial charge in [0.15, 0.2) is 0 Å². The van der Waals surface area contributed by atoms with Gasteiger partial charge < -0.3 is 29.3 Å². The molecule has 0 radical (unpaired) electrons. The van der Waals surface area contributed by atoms with Crippen LogP contribution in [0.15, 0.2) is 91.5 Å². The molecule has 3 aromatic carbocycles. The van der Waals surface area contributed by atoms with E-state index in [1.807, 2.05) is 99.6 Å². The van der Waals surface area contributed by atoms with Crippen molar-refractivity contribution in [1.82, 2.24) is 15.2 Å². The summed E-state index contributed by atoms with van der Waals surface area (Å²) >= 11 is 0. The number of pyridine rings is 1. The molecule has 5 atom stereocenters. The Balaban J connectivity index is 1.22. The van der Waals surface area contributed by atoms with Crippen LogP contribution in [0.2, 0.25) is 0 Å². The topological polar surface area (TPSA) is 127 Å². The van der Waals surface area contributed by atoms with E-state index < -0.39 is 40.9 Å². The van der Waals surface area contributed by atoms with Crippen molar-refractivity contribution in [3.8, 4) is 22.8 Å². The van der Waals surface area contributed by atoms with Gasteiger partial charge in [0, 0.05) is 54.1 Å². The average Bonchev–Trinajstić information content (AvgIpc) is 3.77. The average molecular weight is 773 g/mol. The number of anilines is 1. The first-order valence-corrected chi connectivity index (χ1v) is 19.9. The Morgan fingerprint density at radius 1 is 1.04 bits per heavy atom. The summed E-state index contributed by atoms with van der Waals surface area (Å²) in [4.78, 5) is 65.2. The fourth-order valence-corrected chi connectivity index (χ4v) is 8.32. The Labute approximate surface area is 334 Å². The Hall–Kier alpha value is -5.71. The second-order valence-electron chi connectivity index (χ2n) is 16.4. The van der Waals surface area contributed by atoms with Gasteiger partial charge in [0.05, 0.1) is 37.4 Å². The number of hydrogen-bond donors (Lipinski definition) is 1. The molecule has 0 spiro atoms. The van der Waals surface area contributed by atoms with Gasteiger partial charge in [0.25, 0.3) is 0 Å². The first kappa shape index (κ1) is 39.5. The number of benzene rings is 3. The number of rotatable bonds is 12. The largest absolute Gasteiger partial charge is 0.497 e. The van der Waals surface area contributed by atoms with E-state index in [4.69, 9.17) is 19.2 Å².